The van der Waals surface area contributed by atoms with E-state index in [9.17, 15) is 4.79 Å². The summed E-state index contributed by atoms with van der Waals surface area (Å²) >= 11 is 5.99. The minimum atomic E-state index is 0.289. The number of benzene rings is 1. The molecule has 0 N–H and O–H groups in total. The molecule has 1 aromatic carbocycles. The van der Waals surface area contributed by atoms with Crippen LogP contribution in [0, 0.1) is 0 Å². The van der Waals surface area contributed by atoms with Crippen molar-refractivity contribution in [1.29, 1.82) is 0 Å². The van der Waals surface area contributed by atoms with E-state index < -0.39 is 0 Å². The highest BCUT2D eigenvalue weighted by molar-refractivity contribution is 6.31. The van der Waals surface area contributed by atoms with Crippen LogP contribution in [0.25, 0.3) is 0 Å². The Morgan fingerprint density at radius 2 is 2.06 bits per heavy atom. The van der Waals surface area contributed by atoms with E-state index in [0.29, 0.717) is 16.5 Å². The number of carbonyl (C=O) groups is 1. The highest BCUT2D eigenvalue weighted by Crippen LogP contribution is 2.18. The van der Waals surface area contributed by atoms with Gasteiger partial charge in [0, 0.05) is 16.8 Å². The van der Waals surface area contributed by atoms with Crippen molar-refractivity contribution >= 4 is 17.9 Å². The van der Waals surface area contributed by atoms with Crippen LogP contribution in [0.4, 0.5) is 0 Å². The van der Waals surface area contributed by atoms with Crippen LogP contribution >= 0.6 is 11.6 Å². The van der Waals surface area contributed by atoms with Gasteiger partial charge in [-0.25, -0.2) is 4.98 Å². The van der Waals surface area contributed by atoms with E-state index in [-0.39, 0.29) is 6.61 Å². The smallest absolute Gasteiger partial charge is 0.224 e. The van der Waals surface area contributed by atoms with Crippen molar-refractivity contribution in [2.24, 2.45) is 0 Å². The number of rotatable bonds is 4. The summed E-state index contributed by atoms with van der Waals surface area (Å²) < 4.78 is 5.47. The summed E-state index contributed by atoms with van der Waals surface area (Å²) in [5.41, 5.74) is 1.29. The SMILES string of the molecule is O=Cc1cccnc1OCc1ccccc1Cl. The summed E-state index contributed by atoms with van der Waals surface area (Å²) in [6.07, 6.45) is 2.30. The van der Waals surface area contributed by atoms with E-state index in [1.54, 1.807) is 24.4 Å². The van der Waals surface area contributed by atoms with Crippen molar-refractivity contribution in [3.63, 3.8) is 0 Å². The Balaban J connectivity index is 2.13. The number of aromatic nitrogens is 1. The molecular formula is C13H10ClNO2. The third kappa shape index (κ3) is 2.82. The Labute approximate surface area is 104 Å². The van der Waals surface area contributed by atoms with Crippen molar-refractivity contribution in [1.82, 2.24) is 4.98 Å². The van der Waals surface area contributed by atoms with Crippen LogP contribution in [0.1, 0.15) is 15.9 Å². The lowest BCUT2D eigenvalue weighted by Crippen LogP contribution is -2.00. The normalized spacial score (nSPS) is 9.94. The second-order valence-corrected chi connectivity index (χ2v) is 3.80. The van der Waals surface area contributed by atoms with Gasteiger partial charge in [0.05, 0.1) is 5.56 Å². The molecule has 0 radical (unpaired) electrons. The highest BCUT2D eigenvalue weighted by Gasteiger charge is 2.05. The first-order chi connectivity index (χ1) is 8.31. The van der Waals surface area contributed by atoms with Gasteiger partial charge in [-0.15, -0.1) is 0 Å². The lowest BCUT2D eigenvalue weighted by molar-refractivity contribution is 0.111. The molecule has 0 atom stereocenters. The Bertz CT molecular complexity index is 528. The fourth-order valence-electron chi connectivity index (χ4n) is 1.38. The van der Waals surface area contributed by atoms with Gasteiger partial charge >= 0.3 is 0 Å². The number of hydrogen-bond donors (Lipinski definition) is 0. The quantitative estimate of drug-likeness (QED) is 0.780. The van der Waals surface area contributed by atoms with Crippen molar-refractivity contribution in [2.75, 3.05) is 0 Å². The van der Waals surface area contributed by atoms with Crippen LogP contribution in [-0.2, 0) is 6.61 Å². The standard InChI is InChI=1S/C13H10ClNO2/c14-12-6-2-1-4-11(12)9-17-13-10(8-16)5-3-7-15-13/h1-8H,9H2. The molecule has 17 heavy (non-hydrogen) atoms. The Hall–Kier alpha value is -1.87. The maximum Gasteiger partial charge on any atom is 0.224 e. The molecule has 4 heteroatoms. The van der Waals surface area contributed by atoms with Crippen molar-refractivity contribution < 1.29 is 9.53 Å². The number of hydrogen-bond acceptors (Lipinski definition) is 3. The molecule has 2 rings (SSSR count). The van der Waals surface area contributed by atoms with Crippen molar-refractivity contribution in [3.05, 3.63) is 58.7 Å². The lowest BCUT2D eigenvalue weighted by Gasteiger charge is -2.07. The fourth-order valence-corrected chi connectivity index (χ4v) is 1.57. The topological polar surface area (TPSA) is 39.2 Å². The Kier molecular flexibility index (Phi) is 3.73. The highest BCUT2D eigenvalue weighted by atomic mass is 35.5. The molecule has 0 aliphatic heterocycles. The van der Waals surface area contributed by atoms with Gasteiger partial charge in [0.2, 0.25) is 5.88 Å². The summed E-state index contributed by atoms with van der Waals surface area (Å²) in [5.74, 6) is 0.322. The number of ether oxygens (including phenoxy) is 1. The number of nitrogens with zero attached hydrogens (tertiary/aromatic N) is 1. The zero-order valence-corrected chi connectivity index (χ0v) is 9.72. The van der Waals surface area contributed by atoms with Gasteiger partial charge < -0.3 is 4.74 Å². The molecule has 86 valence electrons. The summed E-state index contributed by atoms with van der Waals surface area (Å²) in [5, 5.41) is 0.635. The number of pyridine rings is 1. The maximum absolute atomic E-state index is 10.8. The first kappa shape index (κ1) is 11.6. The monoisotopic (exact) mass is 247 g/mol. The maximum atomic E-state index is 10.8. The van der Waals surface area contributed by atoms with Crippen LogP contribution in [-0.4, -0.2) is 11.3 Å². The van der Waals surface area contributed by atoms with E-state index in [4.69, 9.17) is 16.3 Å². The van der Waals surface area contributed by atoms with Crippen molar-refractivity contribution in [3.8, 4) is 5.88 Å². The van der Waals surface area contributed by atoms with Gasteiger partial charge in [-0.05, 0) is 18.2 Å². The second kappa shape index (κ2) is 5.46. The number of halogens is 1. The van der Waals surface area contributed by atoms with Gasteiger partial charge in [-0.1, -0.05) is 29.8 Å². The van der Waals surface area contributed by atoms with Crippen LogP contribution in [0.3, 0.4) is 0 Å². The van der Waals surface area contributed by atoms with Crippen molar-refractivity contribution in [2.45, 2.75) is 6.61 Å². The molecule has 0 saturated heterocycles. The fraction of sp³-hybridized carbons (Fsp3) is 0.0769. The molecule has 0 aliphatic rings. The molecule has 2 aromatic rings. The van der Waals surface area contributed by atoms with Crippen LogP contribution in [0.2, 0.25) is 5.02 Å². The Morgan fingerprint density at radius 3 is 2.82 bits per heavy atom. The summed E-state index contributed by atoms with van der Waals surface area (Å²) in [6.45, 7) is 0.289. The lowest BCUT2D eigenvalue weighted by atomic mass is 10.2. The molecule has 0 aliphatic carbocycles. The van der Waals surface area contributed by atoms with Gasteiger partial charge in [0.1, 0.15) is 6.61 Å². The molecular weight excluding hydrogens is 238 g/mol. The molecule has 0 spiro atoms. The van der Waals surface area contributed by atoms with E-state index in [1.165, 1.54) is 0 Å². The van der Waals surface area contributed by atoms with Gasteiger partial charge in [-0.2, -0.15) is 0 Å². The largest absolute Gasteiger partial charge is 0.472 e. The molecule has 3 nitrogen and oxygen atoms in total. The third-order valence-corrected chi connectivity index (χ3v) is 2.62. The van der Waals surface area contributed by atoms with Gasteiger partial charge in [-0.3, -0.25) is 4.79 Å². The zero-order valence-electron chi connectivity index (χ0n) is 8.97. The minimum Gasteiger partial charge on any atom is -0.472 e. The molecule has 0 bridgehead atoms. The Morgan fingerprint density at radius 1 is 1.24 bits per heavy atom. The van der Waals surface area contributed by atoms with E-state index >= 15 is 0 Å². The van der Waals surface area contributed by atoms with Gasteiger partial charge in [0.25, 0.3) is 0 Å². The van der Waals surface area contributed by atoms with E-state index in [0.717, 1.165) is 11.8 Å². The number of aldehydes is 1. The average molecular weight is 248 g/mol. The zero-order chi connectivity index (χ0) is 12.1. The number of carbonyl (C=O) groups excluding carboxylic acids is 1. The molecule has 0 fully saturated rings. The first-order valence-electron chi connectivity index (χ1n) is 5.07. The molecule has 0 amide bonds. The minimum absolute atomic E-state index is 0.289. The van der Waals surface area contributed by atoms with Gasteiger partial charge in [0.15, 0.2) is 6.29 Å². The molecule has 0 saturated carbocycles. The second-order valence-electron chi connectivity index (χ2n) is 3.40. The molecule has 1 heterocycles. The molecule has 1 aromatic heterocycles. The summed E-state index contributed by atoms with van der Waals surface area (Å²) in [7, 11) is 0. The van der Waals surface area contributed by atoms with Crippen LogP contribution < -0.4 is 4.74 Å². The van der Waals surface area contributed by atoms with E-state index in [1.807, 2.05) is 18.2 Å². The van der Waals surface area contributed by atoms with E-state index in [2.05, 4.69) is 4.98 Å². The van der Waals surface area contributed by atoms with Crippen LogP contribution in [0.15, 0.2) is 42.6 Å². The third-order valence-electron chi connectivity index (χ3n) is 2.25. The predicted octanol–water partition coefficient (Wildman–Crippen LogP) is 3.13. The average Bonchev–Trinajstić information content (AvgIpc) is 2.38. The van der Waals surface area contributed by atoms with Crippen LogP contribution in [0.5, 0.6) is 5.88 Å². The predicted molar refractivity (Wildman–Crippen MR) is 65.4 cm³/mol. The first-order valence-corrected chi connectivity index (χ1v) is 5.45. The summed E-state index contributed by atoms with van der Waals surface area (Å²) in [6, 6.07) is 10.7. The summed E-state index contributed by atoms with van der Waals surface area (Å²) in [4.78, 5) is 14.8. The molecule has 0 unspecified atom stereocenters.